The van der Waals surface area contributed by atoms with Crippen molar-refractivity contribution in [2.45, 2.75) is 25.9 Å². The van der Waals surface area contributed by atoms with Gasteiger partial charge in [0.05, 0.1) is 24.8 Å². The van der Waals surface area contributed by atoms with Gasteiger partial charge in [-0.05, 0) is 51.7 Å². The second kappa shape index (κ2) is 8.56. The van der Waals surface area contributed by atoms with Gasteiger partial charge in [0, 0.05) is 25.1 Å². The third kappa shape index (κ3) is 4.77. The first kappa shape index (κ1) is 18.7. The zero-order valence-corrected chi connectivity index (χ0v) is 16.5. The van der Waals surface area contributed by atoms with Gasteiger partial charge < -0.3 is 19.5 Å². The minimum atomic E-state index is -0.113. The van der Waals surface area contributed by atoms with E-state index in [9.17, 15) is 4.79 Å². The Morgan fingerprint density at radius 2 is 2.08 bits per heavy atom. The molecule has 1 saturated heterocycles. The van der Waals surface area contributed by atoms with Gasteiger partial charge in [0.15, 0.2) is 0 Å². The molecule has 1 aliphatic rings. The summed E-state index contributed by atoms with van der Waals surface area (Å²) in [6.07, 6.45) is 1.60. The number of hydrogen-bond donors (Lipinski definition) is 1. The van der Waals surface area contributed by atoms with E-state index in [1.54, 1.807) is 7.11 Å². The van der Waals surface area contributed by atoms with Crippen LogP contribution in [-0.4, -0.2) is 32.3 Å². The van der Waals surface area contributed by atoms with Crippen LogP contribution >= 0.6 is 15.9 Å². The van der Waals surface area contributed by atoms with Crippen LogP contribution in [0.3, 0.4) is 0 Å². The molecule has 1 heterocycles. The highest BCUT2D eigenvalue weighted by Gasteiger charge is 2.20. The maximum absolute atomic E-state index is 11.6. The maximum Gasteiger partial charge on any atom is 0.221 e. The lowest BCUT2D eigenvalue weighted by Crippen LogP contribution is -2.16. The fourth-order valence-electron chi connectivity index (χ4n) is 2.89. The van der Waals surface area contributed by atoms with Gasteiger partial charge in [0.25, 0.3) is 0 Å². The van der Waals surface area contributed by atoms with Crippen LogP contribution in [0.2, 0.25) is 0 Å². The molecule has 1 N–H and O–H groups in total. The number of ether oxygens (including phenoxy) is 3. The molecule has 0 aliphatic carbocycles. The second-order valence-electron chi connectivity index (χ2n) is 6.25. The van der Waals surface area contributed by atoms with Crippen LogP contribution in [0, 0.1) is 0 Å². The molecule has 6 heteroatoms. The summed E-state index contributed by atoms with van der Waals surface area (Å²) >= 11 is 3.59. The van der Waals surface area contributed by atoms with Gasteiger partial charge in [-0.2, -0.15) is 0 Å². The Morgan fingerprint density at radius 1 is 1.31 bits per heavy atom. The molecule has 1 atom stereocenters. The van der Waals surface area contributed by atoms with Crippen molar-refractivity contribution in [3.05, 3.63) is 52.0 Å². The summed E-state index contributed by atoms with van der Waals surface area (Å²) in [5.74, 6) is 1.42. The number of anilines is 1. The van der Waals surface area contributed by atoms with Crippen LogP contribution in [0.25, 0.3) is 0 Å². The van der Waals surface area contributed by atoms with Gasteiger partial charge in [-0.3, -0.25) is 4.79 Å². The summed E-state index contributed by atoms with van der Waals surface area (Å²) < 4.78 is 17.5. The quantitative estimate of drug-likeness (QED) is 0.762. The average Bonchev–Trinajstić information content (AvgIpc) is 3.12. The molecule has 26 heavy (non-hydrogen) atoms. The highest BCUT2D eigenvalue weighted by molar-refractivity contribution is 9.10. The number of methoxy groups -OCH3 is 1. The summed E-state index contributed by atoms with van der Waals surface area (Å²) in [6.45, 7) is 2.82. The van der Waals surface area contributed by atoms with E-state index in [2.05, 4.69) is 21.2 Å². The van der Waals surface area contributed by atoms with E-state index in [0.717, 1.165) is 40.1 Å². The monoisotopic (exact) mass is 419 g/mol. The molecular weight excluding hydrogens is 398 g/mol. The van der Waals surface area contributed by atoms with Gasteiger partial charge in [0.1, 0.15) is 17.6 Å². The van der Waals surface area contributed by atoms with Crippen molar-refractivity contribution in [1.82, 2.24) is 0 Å². The second-order valence-corrected chi connectivity index (χ2v) is 7.10. The Balaban J connectivity index is 1.86. The van der Waals surface area contributed by atoms with Crippen molar-refractivity contribution in [1.29, 1.82) is 0 Å². The Morgan fingerprint density at radius 3 is 2.69 bits per heavy atom. The van der Waals surface area contributed by atoms with E-state index in [0.29, 0.717) is 18.8 Å². The molecule has 0 bridgehead atoms. The minimum Gasteiger partial charge on any atom is -0.497 e. The van der Waals surface area contributed by atoms with Crippen molar-refractivity contribution in [2.75, 3.05) is 25.6 Å². The Bertz CT molecular complexity index is 770. The molecule has 1 fully saturated rings. The number of benzene rings is 2. The van der Waals surface area contributed by atoms with Gasteiger partial charge in [0.2, 0.25) is 5.91 Å². The summed E-state index contributed by atoms with van der Waals surface area (Å²) in [7, 11) is 1.65. The normalized spacial score (nSPS) is 16.3. The molecule has 1 aliphatic heterocycles. The van der Waals surface area contributed by atoms with E-state index in [1.807, 2.05) is 36.4 Å². The van der Waals surface area contributed by atoms with Crippen LogP contribution in [-0.2, 0) is 16.0 Å². The number of halogens is 1. The first-order valence-electron chi connectivity index (χ1n) is 8.52. The third-order valence-corrected chi connectivity index (χ3v) is 4.82. The topological polar surface area (TPSA) is 56.8 Å². The highest BCUT2D eigenvalue weighted by atomic mass is 79.9. The van der Waals surface area contributed by atoms with E-state index >= 15 is 0 Å². The summed E-state index contributed by atoms with van der Waals surface area (Å²) in [5, 5.41) is 2.91. The van der Waals surface area contributed by atoms with Crippen molar-refractivity contribution >= 4 is 27.5 Å². The van der Waals surface area contributed by atoms with Gasteiger partial charge in [-0.15, -0.1) is 0 Å². The fourth-order valence-corrected chi connectivity index (χ4v) is 3.37. The highest BCUT2D eigenvalue weighted by Crippen LogP contribution is 2.34. The standard InChI is InChI=1S/C20H22BrNO4/c1-13(23)22-19-11-20(26-17-7-8-25-12-17)18(21)10-15(19)9-14-3-5-16(24-2)6-4-14/h3-6,10-11,17H,7-9,12H2,1-2H3,(H,22,23). The first-order valence-corrected chi connectivity index (χ1v) is 9.32. The van der Waals surface area contributed by atoms with E-state index in [1.165, 1.54) is 6.92 Å². The molecule has 0 radical (unpaired) electrons. The molecule has 1 amide bonds. The molecule has 2 aromatic carbocycles. The lowest BCUT2D eigenvalue weighted by Gasteiger charge is -2.18. The predicted molar refractivity (Wildman–Crippen MR) is 104 cm³/mol. The molecule has 1 unspecified atom stereocenters. The Hall–Kier alpha value is -2.05. The van der Waals surface area contributed by atoms with E-state index in [-0.39, 0.29) is 12.0 Å². The number of nitrogens with one attached hydrogen (secondary N) is 1. The van der Waals surface area contributed by atoms with Crippen LogP contribution in [0.1, 0.15) is 24.5 Å². The zero-order valence-electron chi connectivity index (χ0n) is 14.9. The van der Waals surface area contributed by atoms with Crippen molar-refractivity contribution in [2.24, 2.45) is 0 Å². The molecule has 2 aromatic rings. The lowest BCUT2D eigenvalue weighted by atomic mass is 10.0. The predicted octanol–water partition coefficient (Wildman–Crippen LogP) is 4.17. The van der Waals surface area contributed by atoms with Crippen molar-refractivity contribution < 1.29 is 19.0 Å². The van der Waals surface area contributed by atoms with Crippen LogP contribution < -0.4 is 14.8 Å². The first-order chi connectivity index (χ1) is 12.5. The largest absolute Gasteiger partial charge is 0.497 e. The summed E-state index contributed by atoms with van der Waals surface area (Å²) in [4.78, 5) is 11.6. The van der Waals surface area contributed by atoms with Crippen LogP contribution in [0.15, 0.2) is 40.9 Å². The molecule has 0 saturated carbocycles. The average molecular weight is 420 g/mol. The number of amides is 1. The summed E-state index contributed by atoms with van der Waals surface area (Å²) in [6, 6.07) is 11.8. The molecule has 3 rings (SSSR count). The SMILES string of the molecule is COc1ccc(Cc2cc(Br)c(OC3CCOC3)cc2NC(C)=O)cc1. The van der Waals surface area contributed by atoms with Crippen LogP contribution in [0.5, 0.6) is 11.5 Å². The van der Waals surface area contributed by atoms with Crippen molar-refractivity contribution in [3.8, 4) is 11.5 Å². The summed E-state index contributed by atoms with van der Waals surface area (Å²) in [5.41, 5.74) is 2.89. The number of rotatable bonds is 6. The fraction of sp³-hybridized carbons (Fsp3) is 0.350. The van der Waals surface area contributed by atoms with E-state index < -0.39 is 0 Å². The Labute approximate surface area is 161 Å². The minimum absolute atomic E-state index is 0.0453. The van der Waals surface area contributed by atoms with Gasteiger partial charge in [-0.25, -0.2) is 0 Å². The molecule has 0 aromatic heterocycles. The molecular formula is C20H22BrNO4. The lowest BCUT2D eigenvalue weighted by molar-refractivity contribution is -0.114. The smallest absolute Gasteiger partial charge is 0.221 e. The molecule has 5 nitrogen and oxygen atoms in total. The number of carbonyl (C=O) groups is 1. The molecule has 138 valence electrons. The number of hydrogen-bond acceptors (Lipinski definition) is 4. The Kier molecular flexibility index (Phi) is 6.16. The third-order valence-electron chi connectivity index (χ3n) is 4.20. The van der Waals surface area contributed by atoms with E-state index in [4.69, 9.17) is 14.2 Å². The van der Waals surface area contributed by atoms with Gasteiger partial charge in [-0.1, -0.05) is 12.1 Å². The zero-order chi connectivity index (χ0) is 18.5. The van der Waals surface area contributed by atoms with Crippen molar-refractivity contribution in [3.63, 3.8) is 0 Å². The number of carbonyl (C=O) groups excluding carboxylic acids is 1. The maximum atomic E-state index is 11.6. The molecule has 0 spiro atoms. The van der Waals surface area contributed by atoms with Crippen LogP contribution in [0.4, 0.5) is 5.69 Å². The van der Waals surface area contributed by atoms with Gasteiger partial charge >= 0.3 is 0 Å².